The average molecular weight is 287 g/mol. The van der Waals surface area contributed by atoms with Crippen molar-refractivity contribution in [2.45, 2.75) is 13.8 Å². The normalized spacial score (nSPS) is 12.4. The lowest BCUT2D eigenvalue weighted by atomic mass is 10.3. The second-order valence-electron chi connectivity index (χ2n) is 3.45. The average Bonchev–Trinajstić information content (AvgIpc) is 2.33. The van der Waals surface area contributed by atoms with E-state index >= 15 is 0 Å². The fraction of sp³-hybridized carbons (Fsp3) is 0.250. The predicted octanol–water partition coefficient (Wildman–Crippen LogP) is 3.92. The first kappa shape index (κ1) is 15.1. The number of aliphatic hydroxyl groups is 1. The van der Waals surface area contributed by atoms with Crippen molar-refractivity contribution in [2.75, 3.05) is 6.61 Å². The van der Waals surface area contributed by atoms with Gasteiger partial charge in [0, 0.05) is 0 Å². The number of aliphatic hydroxyl groups excluding tert-OH is 1. The smallest absolute Gasteiger partial charge is 0.362 e. The van der Waals surface area contributed by atoms with E-state index in [0.29, 0.717) is 0 Å². The van der Waals surface area contributed by atoms with Crippen LogP contribution in [-0.4, -0.2) is 17.7 Å². The van der Waals surface area contributed by atoms with Gasteiger partial charge in [0.25, 0.3) is 0 Å². The minimum absolute atomic E-state index is 0.112. The van der Waals surface area contributed by atoms with E-state index in [9.17, 15) is 14.3 Å². The van der Waals surface area contributed by atoms with Crippen LogP contribution >= 0.6 is 11.6 Å². The second-order valence-corrected chi connectivity index (χ2v) is 3.86. The third-order valence-corrected chi connectivity index (χ3v) is 2.27. The zero-order valence-corrected chi connectivity index (χ0v) is 11.1. The Kier molecular flexibility index (Phi) is 5.44. The fourth-order valence-corrected chi connectivity index (χ4v) is 1.29. The Bertz CT molecular complexity index is 540. The van der Waals surface area contributed by atoms with E-state index in [1.54, 1.807) is 6.92 Å². The monoisotopic (exact) mass is 286 g/mol. The molecule has 0 saturated heterocycles. The number of allylic oxidation sites excluding steroid dienone is 1. The molecule has 7 heteroatoms. The highest BCUT2D eigenvalue weighted by Gasteiger charge is 2.13. The molecule has 19 heavy (non-hydrogen) atoms. The van der Waals surface area contributed by atoms with Crippen LogP contribution in [0.2, 0.25) is 5.02 Å². The molecule has 0 unspecified atom stereocenters. The largest absolute Gasteiger partial charge is 0.510 e. The molecule has 0 saturated carbocycles. The van der Waals surface area contributed by atoms with Crippen molar-refractivity contribution in [3.05, 3.63) is 40.5 Å². The SMILES string of the molecule is CCOC(=O)/C(N=Nc1ccc(F)c(Cl)c1)=C(/C)O. The van der Waals surface area contributed by atoms with Crippen LogP contribution in [0, 0.1) is 5.82 Å². The number of nitrogens with zero attached hydrogens (tertiary/aromatic N) is 2. The Morgan fingerprint density at radius 2 is 2.21 bits per heavy atom. The standard InChI is InChI=1S/C12H12ClFN2O3/c1-3-19-12(18)11(7(2)17)16-15-8-4-5-10(14)9(13)6-8/h4-6,17H,3H2,1-2H3/b11-7+,16-15?. The Morgan fingerprint density at radius 1 is 1.53 bits per heavy atom. The summed E-state index contributed by atoms with van der Waals surface area (Å²) in [4.78, 5) is 11.4. The van der Waals surface area contributed by atoms with Gasteiger partial charge in [-0.2, -0.15) is 5.11 Å². The summed E-state index contributed by atoms with van der Waals surface area (Å²) in [7, 11) is 0. The van der Waals surface area contributed by atoms with Gasteiger partial charge in [0.1, 0.15) is 11.6 Å². The van der Waals surface area contributed by atoms with Gasteiger partial charge in [0.2, 0.25) is 5.70 Å². The van der Waals surface area contributed by atoms with Gasteiger partial charge >= 0.3 is 5.97 Å². The summed E-state index contributed by atoms with van der Waals surface area (Å²) in [6, 6.07) is 3.70. The molecule has 0 fully saturated rings. The van der Waals surface area contributed by atoms with Crippen molar-refractivity contribution >= 4 is 23.3 Å². The number of rotatable bonds is 4. The molecule has 0 aliphatic heterocycles. The quantitative estimate of drug-likeness (QED) is 0.395. The molecule has 0 atom stereocenters. The molecule has 5 nitrogen and oxygen atoms in total. The van der Waals surface area contributed by atoms with E-state index in [4.69, 9.17) is 16.3 Å². The van der Waals surface area contributed by atoms with Crippen molar-refractivity contribution < 1.29 is 19.0 Å². The van der Waals surface area contributed by atoms with Crippen molar-refractivity contribution in [1.82, 2.24) is 0 Å². The van der Waals surface area contributed by atoms with Crippen LogP contribution in [0.3, 0.4) is 0 Å². The molecule has 1 aromatic rings. The van der Waals surface area contributed by atoms with Gasteiger partial charge in [-0.05, 0) is 32.0 Å². The van der Waals surface area contributed by atoms with Crippen LogP contribution in [0.15, 0.2) is 39.9 Å². The van der Waals surface area contributed by atoms with Crippen LogP contribution in [0.4, 0.5) is 10.1 Å². The third-order valence-electron chi connectivity index (χ3n) is 1.98. The number of benzene rings is 1. The molecule has 0 bridgehead atoms. The molecular weight excluding hydrogens is 275 g/mol. The first-order valence-electron chi connectivity index (χ1n) is 5.39. The first-order chi connectivity index (χ1) is 8.95. The van der Waals surface area contributed by atoms with Gasteiger partial charge in [0.05, 0.1) is 17.3 Å². The zero-order valence-electron chi connectivity index (χ0n) is 10.4. The topological polar surface area (TPSA) is 71.2 Å². The summed E-state index contributed by atoms with van der Waals surface area (Å²) in [5.41, 5.74) is -0.0725. The van der Waals surface area contributed by atoms with E-state index in [0.717, 1.165) is 6.07 Å². The molecule has 1 rings (SSSR count). The fourth-order valence-electron chi connectivity index (χ4n) is 1.12. The molecule has 1 N–H and O–H groups in total. The van der Waals surface area contributed by atoms with Crippen LogP contribution < -0.4 is 0 Å². The molecule has 0 heterocycles. The predicted molar refractivity (Wildman–Crippen MR) is 67.9 cm³/mol. The second kappa shape index (κ2) is 6.84. The van der Waals surface area contributed by atoms with Gasteiger partial charge < -0.3 is 9.84 Å². The lowest BCUT2D eigenvalue weighted by Crippen LogP contribution is -2.07. The van der Waals surface area contributed by atoms with E-state index in [1.807, 2.05) is 0 Å². The highest BCUT2D eigenvalue weighted by atomic mass is 35.5. The molecule has 0 aliphatic rings. The molecule has 0 amide bonds. The van der Waals surface area contributed by atoms with E-state index in [1.165, 1.54) is 19.1 Å². The highest BCUT2D eigenvalue weighted by Crippen LogP contribution is 2.22. The van der Waals surface area contributed by atoms with E-state index in [2.05, 4.69) is 10.2 Å². The van der Waals surface area contributed by atoms with Gasteiger partial charge in [-0.3, -0.25) is 0 Å². The Balaban J connectivity index is 2.97. The maximum absolute atomic E-state index is 12.9. The lowest BCUT2D eigenvalue weighted by molar-refractivity contribution is -0.138. The number of carbonyl (C=O) groups is 1. The summed E-state index contributed by atoms with van der Waals surface area (Å²) in [5.74, 6) is -1.70. The number of hydrogen-bond donors (Lipinski definition) is 1. The van der Waals surface area contributed by atoms with Crippen molar-refractivity contribution in [1.29, 1.82) is 0 Å². The summed E-state index contributed by atoms with van der Waals surface area (Å²) >= 11 is 5.57. The molecule has 102 valence electrons. The minimum Gasteiger partial charge on any atom is -0.510 e. The third kappa shape index (κ3) is 4.33. The Labute approximate surface area is 114 Å². The maximum Gasteiger partial charge on any atom is 0.362 e. The molecule has 1 aromatic carbocycles. The summed E-state index contributed by atoms with van der Waals surface area (Å²) in [6.07, 6.45) is 0. The number of hydrogen-bond acceptors (Lipinski definition) is 5. The number of esters is 1. The number of halogens is 2. The molecule has 0 aromatic heterocycles. The van der Waals surface area contributed by atoms with Crippen molar-refractivity contribution in [3.63, 3.8) is 0 Å². The van der Waals surface area contributed by atoms with Crippen molar-refractivity contribution in [2.24, 2.45) is 10.2 Å². The molecular formula is C12H12ClFN2O3. The summed E-state index contributed by atoms with van der Waals surface area (Å²) < 4.78 is 17.6. The van der Waals surface area contributed by atoms with Crippen LogP contribution in [0.5, 0.6) is 0 Å². The summed E-state index contributed by atoms with van der Waals surface area (Å²) in [6.45, 7) is 3.05. The summed E-state index contributed by atoms with van der Waals surface area (Å²) in [5, 5.41) is 16.5. The van der Waals surface area contributed by atoms with E-state index < -0.39 is 11.8 Å². The number of carbonyl (C=O) groups excluding carboxylic acids is 1. The number of azo groups is 1. The van der Waals surface area contributed by atoms with Crippen molar-refractivity contribution in [3.8, 4) is 0 Å². The highest BCUT2D eigenvalue weighted by molar-refractivity contribution is 6.30. The van der Waals surface area contributed by atoms with Gasteiger partial charge in [-0.1, -0.05) is 11.6 Å². The van der Waals surface area contributed by atoms with E-state index in [-0.39, 0.29) is 28.8 Å². The van der Waals surface area contributed by atoms with Crippen LogP contribution in [0.25, 0.3) is 0 Å². The number of ether oxygens (including phenoxy) is 1. The Morgan fingerprint density at radius 3 is 2.74 bits per heavy atom. The first-order valence-corrected chi connectivity index (χ1v) is 5.77. The maximum atomic E-state index is 12.9. The van der Waals surface area contributed by atoms with Gasteiger partial charge in [-0.25, -0.2) is 9.18 Å². The molecule has 0 spiro atoms. The van der Waals surface area contributed by atoms with Gasteiger partial charge in [0.15, 0.2) is 0 Å². The zero-order chi connectivity index (χ0) is 14.4. The van der Waals surface area contributed by atoms with Crippen LogP contribution in [0.1, 0.15) is 13.8 Å². The minimum atomic E-state index is -0.792. The molecule has 0 radical (unpaired) electrons. The van der Waals surface area contributed by atoms with Crippen LogP contribution in [-0.2, 0) is 9.53 Å². The lowest BCUT2D eigenvalue weighted by Gasteiger charge is -2.02. The molecule has 0 aliphatic carbocycles. The Hall–Kier alpha value is -1.95. The van der Waals surface area contributed by atoms with Gasteiger partial charge in [-0.15, -0.1) is 5.11 Å².